The molecule has 0 bridgehead atoms. The number of aryl methyl sites for hydroxylation is 1. The van der Waals surface area contributed by atoms with Crippen molar-refractivity contribution in [3.63, 3.8) is 0 Å². The molecule has 1 atom stereocenters. The van der Waals surface area contributed by atoms with E-state index in [1.54, 1.807) is 13.0 Å². The number of nitrogens with one attached hydrogen (secondary N) is 4. The molecule has 0 spiro atoms. The maximum atomic E-state index is 12.2. The third kappa shape index (κ3) is 3.72. The summed E-state index contributed by atoms with van der Waals surface area (Å²) in [6.07, 6.45) is -1.21. The lowest BCUT2D eigenvalue weighted by atomic mass is 10.1. The minimum Gasteiger partial charge on any atom is -0.465 e. The van der Waals surface area contributed by atoms with E-state index in [-0.39, 0.29) is 11.9 Å². The summed E-state index contributed by atoms with van der Waals surface area (Å²) in [5.41, 5.74) is 2.08. The number of benzene rings is 1. The fourth-order valence-electron chi connectivity index (χ4n) is 2.66. The SMILES string of the molecule is Cc1nc(NC(=O)N[C@H](C)c2ccccc2)cc2[nH]nc(NC(=O)O)c12. The highest BCUT2D eigenvalue weighted by Crippen LogP contribution is 2.25. The van der Waals surface area contributed by atoms with Crippen LogP contribution in [-0.4, -0.2) is 32.4 Å². The molecule has 26 heavy (non-hydrogen) atoms. The largest absolute Gasteiger partial charge is 0.465 e. The summed E-state index contributed by atoms with van der Waals surface area (Å²) in [5.74, 6) is 0.504. The van der Waals surface area contributed by atoms with E-state index in [4.69, 9.17) is 5.11 Å². The highest BCUT2D eigenvalue weighted by Gasteiger charge is 2.15. The monoisotopic (exact) mass is 354 g/mol. The minimum atomic E-state index is -1.21. The Morgan fingerprint density at radius 2 is 1.92 bits per heavy atom. The van der Waals surface area contributed by atoms with Gasteiger partial charge in [-0.2, -0.15) is 5.10 Å². The molecule has 0 unspecified atom stereocenters. The quantitative estimate of drug-likeness (QED) is 0.491. The van der Waals surface area contributed by atoms with Gasteiger partial charge < -0.3 is 10.4 Å². The zero-order chi connectivity index (χ0) is 18.7. The Morgan fingerprint density at radius 1 is 1.19 bits per heavy atom. The average Bonchev–Trinajstić information content (AvgIpc) is 2.98. The van der Waals surface area contributed by atoms with E-state index < -0.39 is 12.1 Å². The van der Waals surface area contributed by atoms with E-state index in [9.17, 15) is 9.59 Å². The number of carboxylic acid groups (broad SMARTS) is 1. The second kappa shape index (κ2) is 7.09. The lowest BCUT2D eigenvalue weighted by Crippen LogP contribution is -2.31. The first-order chi connectivity index (χ1) is 12.4. The van der Waals surface area contributed by atoms with Gasteiger partial charge in [-0.05, 0) is 19.4 Å². The van der Waals surface area contributed by atoms with Crippen molar-refractivity contribution in [3.8, 4) is 0 Å². The summed E-state index contributed by atoms with van der Waals surface area (Å²) in [7, 11) is 0. The molecule has 2 aromatic heterocycles. The lowest BCUT2D eigenvalue weighted by Gasteiger charge is -2.15. The fourth-order valence-corrected chi connectivity index (χ4v) is 2.66. The Morgan fingerprint density at radius 3 is 2.62 bits per heavy atom. The van der Waals surface area contributed by atoms with Crippen molar-refractivity contribution in [2.75, 3.05) is 10.6 Å². The van der Waals surface area contributed by atoms with E-state index in [0.717, 1.165) is 5.56 Å². The van der Waals surface area contributed by atoms with Crippen LogP contribution in [0.3, 0.4) is 0 Å². The van der Waals surface area contributed by atoms with Crippen molar-refractivity contribution in [2.24, 2.45) is 0 Å². The number of rotatable bonds is 4. The van der Waals surface area contributed by atoms with Crippen LogP contribution >= 0.6 is 0 Å². The Labute approximate surface area is 148 Å². The van der Waals surface area contributed by atoms with Crippen molar-refractivity contribution in [2.45, 2.75) is 19.9 Å². The lowest BCUT2D eigenvalue weighted by molar-refractivity contribution is 0.209. The molecular weight excluding hydrogens is 336 g/mol. The van der Waals surface area contributed by atoms with E-state index in [2.05, 4.69) is 31.1 Å². The molecule has 3 aromatic rings. The van der Waals surface area contributed by atoms with Crippen molar-refractivity contribution in [1.29, 1.82) is 0 Å². The van der Waals surface area contributed by atoms with Gasteiger partial charge in [0.05, 0.1) is 22.6 Å². The Balaban J connectivity index is 1.74. The standard InChI is InChI=1S/C17H18N6O3/c1-9(11-6-4-3-5-7-11)19-16(24)20-13-8-12-14(10(2)18-13)15(23-22-12)21-17(25)26/h3-9H,1-2H3,(H,25,26)(H2,21,22,23)(H2,18,19,20,24)/t9-/m1/s1. The summed E-state index contributed by atoms with van der Waals surface area (Å²) in [5, 5.41) is 23.8. The maximum absolute atomic E-state index is 12.2. The molecule has 0 saturated heterocycles. The van der Waals surface area contributed by atoms with E-state index in [1.165, 1.54) is 0 Å². The molecular formula is C17H18N6O3. The second-order valence-electron chi connectivity index (χ2n) is 5.75. The van der Waals surface area contributed by atoms with Crippen LogP contribution in [0.4, 0.5) is 21.2 Å². The third-order valence-electron chi connectivity index (χ3n) is 3.84. The highest BCUT2D eigenvalue weighted by atomic mass is 16.4. The Kier molecular flexibility index (Phi) is 4.70. The van der Waals surface area contributed by atoms with Gasteiger partial charge in [0.25, 0.3) is 0 Å². The van der Waals surface area contributed by atoms with Crippen LogP contribution < -0.4 is 16.0 Å². The zero-order valence-corrected chi connectivity index (χ0v) is 14.2. The predicted octanol–water partition coefficient (Wildman–Crippen LogP) is 3.24. The number of amides is 3. The molecule has 0 aliphatic heterocycles. The summed E-state index contributed by atoms with van der Waals surface area (Å²) in [4.78, 5) is 27.3. The molecule has 9 heteroatoms. The number of hydrogen-bond donors (Lipinski definition) is 5. The van der Waals surface area contributed by atoms with Crippen molar-refractivity contribution in [1.82, 2.24) is 20.5 Å². The maximum Gasteiger partial charge on any atom is 0.410 e. The number of carbonyl (C=O) groups is 2. The van der Waals surface area contributed by atoms with Crippen LogP contribution in [0.5, 0.6) is 0 Å². The molecule has 5 N–H and O–H groups in total. The van der Waals surface area contributed by atoms with Crippen LogP contribution in [0.2, 0.25) is 0 Å². The number of pyridine rings is 1. The molecule has 0 fully saturated rings. The van der Waals surface area contributed by atoms with E-state index >= 15 is 0 Å². The first-order valence-electron chi connectivity index (χ1n) is 7.92. The van der Waals surface area contributed by atoms with Crippen LogP contribution in [0, 0.1) is 6.92 Å². The number of aromatic nitrogens is 3. The van der Waals surface area contributed by atoms with Crippen molar-refractivity contribution in [3.05, 3.63) is 47.7 Å². The summed E-state index contributed by atoms with van der Waals surface area (Å²) >= 11 is 0. The molecule has 0 radical (unpaired) electrons. The number of aromatic amines is 1. The van der Waals surface area contributed by atoms with E-state index in [1.807, 2.05) is 37.3 Å². The molecule has 1 aromatic carbocycles. The van der Waals surface area contributed by atoms with Crippen molar-refractivity contribution < 1.29 is 14.7 Å². The average molecular weight is 354 g/mol. The molecule has 134 valence electrons. The summed E-state index contributed by atoms with van der Waals surface area (Å²) < 4.78 is 0. The van der Waals surface area contributed by atoms with Gasteiger partial charge in [-0.25, -0.2) is 14.6 Å². The number of fused-ring (bicyclic) bond motifs is 1. The number of urea groups is 1. The third-order valence-corrected chi connectivity index (χ3v) is 3.84. The minimum absolute atomic E-state index is 0.167. The van der Waals surface area contributed by atoms with Crippen molar-refractivity contribution >= 4 is 34.7 Å². The molecule has 0 aliphatic rings. The normalized spacial score (nSPS) is 11.8. The van der Waals surface area contributed by atoms with Gasteiger partial charge in [-0.1, -0.05) is 30.3 Å². The molecule has 3 rings (SSSR count). The highest BCUT2D eigenvalue weighted by molar-refractivity contribution is 5.99. The number of nitrogens with zero attached hydrogens (tertiary/aromatic N) is 2. The van der Waals surface area contributed by atoms with Gasteiger partial charge in [-0.15, -0.1) is 0 Å². The van der Waals surface area contributed by atoms with Crippen LogP contribution in [0.15, 0.2) is 36.4 Å². The number of hydrogen-bond acceptors (Lipinski definition) is 4. The van der Waals surface area contributed by atoms with Crippen LogP contribution in [-0.2, 0) is 0 Å². The molecule has 0 aliphatic carbocycles. The molecule has 0 saturated carbocycles. The zero-order valence-electron chi connectivity index (χ0n) is 14.2. The number of anilines is 2. The number of carbonyl (C=O) groups excluding carboxylic acids is 1. The van der Waals surface area contributed by atoms with Gasteiger partial charge in [0.1, 0.15) is 5.82 Å². The topological polar surface area (TPSA) is 132 Å². The Hall–Kier alpha value is -3.62. The van der Waals surface area contributed by atoms with Gasteiger partial charge in [0.15, 0.2) is 5.82 Å². The predicted molar refractivity (Wildman–Crippen MR) is 97.3 cm³/mol. The summed E-state index contributed by atoms with van der Waals surface area (Å²) in [6.45, 7) is 3.59. The first-order valence-corrected chi connectivity index (χ1v) is 7.92. The molecule has 3 amide bonds. The first kappa shape index (κ1) is 17.2. The molecule has 9 nitrogen and oxygen atoms in total. The summed E-state index contributed by atoms with van der Waals surface area (Å²) in [6, 6.07) is 10.6. The Bertz CT molecular complexity index is 954. The number of H-pyrrole nitrogens is 1. The van der Waals surface area contributed by atoms with Gasteiger partial charge in [0, 0.05) is 6.07 Å². The smallest absolute Gasteiger partial charge is 0.410 e. The van der Waals surface area contributed by atoms with Crippen LogP contribution in [0.25, 0.3) is 10.9 Å². The van der Waals surface area contributed by atoms with Gasteiger partial charge in [0.2, 0.25) is 0 Å². The molecule has 2 heterocycles. The van der Waals surface area contributed by atoms with Gasteiger partial charge >= 0.3 is 12.1 Å². The van der Waals surface area contributed by atoms with Crippen LogP contribution in [0.1, 0.15) is 24.2 Å². The van der Waals surface area contributed by atoms with Gasteiger partial charge in [-0.3, -0.25) is 15.7 Å². The van der Waals surface area contributed by atoms with E-state index in [0.29, 0.717) is 22.4 Å². The second-order valence-corrected chi connectivity index (χ2v) is 5.75. The fraction of sp³-hybridized carbons (Fsp3) is 0.176.